The highest BCUT2D eigenvalue weighted by atomic mass is 16.3. The first-order valence-corrected chi connectivity index (χ1v) is 7.77. The van der Waals surface area contributed by atoms with Crippen LogP contribution in [0.1, 0.15) is 53.2 Å². The first-order valence-electron chi connectivity index (χ1n) is 7.77. The van der Waals surface area contributed by atoms with Crippen LogP contribution in [-0.4, -0.2) is 23.9 Å². The zero-order valence-corrected chi connectivity index (χ0v) is 14.1. The summed E-state index contributed by atoms with van der Waals surface area (Å²) in [7, 11) is 0. The van der Waals surface area contributed by atoms with Gasteiger partial charge >= 0.3 is 0 Å². The van der Waals surface area contributed by atoms with E-state index in [0.717, 1.165) is 24.3 Å². The minimum Gasteiger partial charge on any atom is -0.465 e. The molecule has 0 radical (unpaired) electrons. The standard InChI is InChI=1S/C13H15NO2.C3H8.C2H6/c1-3-13(15)14-7-6-10(2)11(9-14)12-5-4-8-16-12;1-3-2;1-2/h3-5,8H,1,6-7,9H2,2H3;3H2,1-2H3;1-2H3. The highest BCUT2D eigenvalue weighted by Gasteiger charge is 2.21. The summed E-state index contributed by atoms with van der Waals surface area (Å²) >= 11 is 0. The summed E-state index contributed by atoms with van der Waals surface area (Å²) in [5, 5.41) is 0. The van der Waals surface area contributed by atoms with Gasteiger partial charge in [0.05, 0.1) is 6.26 Å². The van der Waals surface area contributed by atoms with Gasteiger partial charge in [-0.1, -0.05) is 46.3 Å². The number of furan rings is 1. The minimum atomic E-state index is -0.0171. The number of hydrogen-bond acceptors (Lipinski definition) is 2. The molecule has 0 fully saturated rings. The molecule has 0 saturated heterocycles. The third-order valence-corrected chi connectivity index (χ3v) is 2.93. The van der Waals surface area contributed by atoms with Gasteiger partial charge in [-0.05, 0) is 31.6 Å². The Morgan fingerprint density at radius 2 is 2.05 bits per heavy atom. The number of nitrogens with zero attached hydrogens (tertiary/aromatic N) is 1. The summed E-state index contributed by atoms with van der Waals surface area (Å²) in [6.45, 7) is 15.2. The van der Waals surface area contributed by atoms with E-state index < -0.39 is 0 Å². The average molecular weight is 291 g/mol. The van der Waals surface area contributed by atoms with Gasteiger partial charge in [-0.2, -0.15) is 0 Å². The molecular weight excluding hydrogens is 262 g/mol. The molecule has 0 spiro atoms. The van der Waals surface area contributed by atoms with Crippen molar-refractivity contribution in [1.29, 1.82) is 0 Å². The SMILES string of the molecule is C=CC(=O)N1CCC(C)=C(c2ccco2)C1.CC.CCC. The number of carbonyl (C=O) groups excluding carboxylic acids is 1. The van der Waals surface area contributed by atoms with E-state index in [2.05, 4.69) is 27.4 Å². The summed E-state index contributed by atoms with van der Waals surface area (Å²) in [6.07, 6.45) is 5.17. The molecule has 21 heavy (non-hydrogen) atoms. The molecule has 2 heterocycles. The molecule has 1 amide bonds. The fourth-order valence-electron chi connectivity index (χ4n) is 1.91. The normalized spacial score (nSPS) is 13.7. The fourth-order valence-corrected chi connectivity index (χ4v) is 1.91. The van der Waals surface area contributed by atoms with Gasteiger partial charge in [0, 0.05) is 18.7 Å². The first kappa shape index (κ1) is 19.2. The molecule has 3 heteroatoms. The molecule has 0 aromatic carbocycles. The Bertz CT molecular complexity index is 444. The van der Waals surface area contributed by atoms with E-state index in [-0.39, 0.29) is 5.91 Å². The molecule has 0 aliphatic carbocycles. The Morgan fingerprint density at radius 1 is 1.43 bits per heavy atom. The van der Waals surface area contributed by atoms with Crippen LogP contribution in [0.2, 0.25) is 0 Å². The lowest BCUT2D eigenvalue weighted by molar-refractivity contribution is -0.125. The van der Waals surface area contributed by atoms with Gasteiger partial charge < -0.3 is 9.32 Å². The van der Waals surface area contributed by atoms with Crippen molar-refractivity contribution in [2.45, 2.75) is 47.5 Å². The van der Waals surface area contributed by atoms with Crippen LogP contribution in [0.4, 0.5) is 0 Å². The van der Waals surface area contributed by atoms with Crippen LogP contribution < -0.4 is 0 Å². The van der Waals surface area contributed by atoms with Crippen LogP contribution in [0, 0.1) is 0 Å². The van der Waals surface area contributed by atoms with Crippen molar-refractivity contribution in [3.63, 3.8) is 0 Å². The van der Waals surface area contributed by atoms with Gasteiger partial charge in [0.2, 0.25) is 5.91 Å². The maximum Gasteiger partial charge on any atom is 0.246 e. The van der Waals surface area contributed by atoms with E-state index in [1.165, 1.54) is 18.1 Å². The lowest BCUT2D eigenvalue weighted by Crippen LogP contribution is -2.35. The zero-order chi connectivity index (χ0) is 16.3. The molecule has 3 nitrogen and oxygen atoms in total. The third kappa shape index (κ3) is 6.03. The van der Waals surface area contributed by atoms with E-state index in [4.69, 9.17) is 4.42 Å². The second-order valence-electron chi connectivity index (χ2n) is 4.66. The fraction of sp³-hybridized carbons (Fsp3) is 0.500. The summed E-state index contributed by atoms with van der Waals surface area (Å²) in [4.78, 5) is 13.3. The molecule has 118 valence electrons. The maximum absolute atomic E-state index is 11.5. The van der Waals surface area contributed by atoms with Gasteiger partial charge in [0.25, 0.3) is 0 Å². The molecule has 0 atom stereocenters. The molecule has 1 aliphatic rings. The maximum atomic E-state index is 11.5. The number of carbonyl (C=O) groups is 1. The van der Waals surface area contributed by atoms with Crippen molar-refractivity contribution >= 4 is 11.5 Å². The quantitative estimate of drug-likeness (QED) is 0.725. The Labute approximate surface area is 129 Å². The Balaban J connectivity index is 0.000000713. The predicted octanol–water partition coefficient (Wildman–Crippen LogP) is 4.91. The summed E-state index contributed by atoms with van der Waals surface area (Å²) in [5.74, 6) is 0.843. The number of amides is 1. The lowest BCUT2D eigenvalue weighted by atomic mass is 9.99. The van der Waals surface area contributed by atoms with E-state index in [1.54, 1.807) is 11.2 Å². The zero-order valence-electron chi connectivity index (χ0n) is 14.1. The Hall–Kier alpha value is -1.77. The lowest BCUT2D eigenvalue weighted by Gasteiger charge is -2.28. The minimum absolute atomic E-state index is 0.0171. The molecule has 1 aliphatic heterocycles. The molecule has 1 aromatic heterocycles. The Morgan fingerprint density at radius 3 is 2.52 bits per heavy atom. The molecule has 0 N–H and O–H groups in total. The van der Waals surface area contributed by atoms with Crippen LogP contribution in [0.5, 0.6) is 0 Å². The molecule has 2 rings (SSSR count). The van der Waals surface area contributed by atoms with Crippen molar-refractivity contribution in [3.05, 3.63) is 42.4 Å². The van der Waals surface area contributed by atoms with Gasteiger partial charge in [-0.3, -0.25) is 4.79 Å². The Kier molecular flexibility index (Phi) is 10.0. The van der Waals surface area contributed by atoms with Crippen molar-refractivity contribution in [2.75, 3.05) is 13.1 Å². The first-order chi connectivity index (χ1) is 10.1. The van der Waals surface area contributed by atoms with Crippen LogP contribution >= 0.6 is 0 Å². The molecule has 1 aromatic rings. The third-order valence-electron chi connectivity index (χ3n) is 2.93. The van der Waals surface area contributed by atoms with Gasteiger partial charge in [-0.25, -0.2) is 0 Å². The summed E-state index contributed by atoms with van der Waals surface area (Å²) < 4.78 is 5.38. The van der Waals surface area contributed by atoms with Gasteiger partial charge in [0.1, 0.15) is 5.76 Å². The predicted molar refractivity (Wildman–Crippen MR) is 90.0 cm³/mol. The van der Waals surface area contributed by atoms with Crippen molar-refractivity contribution in [3.8, 4) is 0 Å². The highest BCUT2D eigenvalue weighted by molar-refractivity contribution is 5.89. The van der Waals surface area contributed by atoms with Crippen molar-refractivity contribution < 1.29 is 9.21 Å². The second-order valence-corrected chi connectivity index (χ2v) is 4.66. The van der Waals surface area contributed by atoms with Crippen LogP contribution in [0.15, 0.2) is 41.0 Å². The summed E-state index contributed by atoms with van der Waals surface area (Å²) in [5.41, 5.74) is 2.41. The molecule has 0 unspecified atom stereocenters. The van der Waals surface area contributed by atoms with Gasteiger partial charge in [-0.15, -0.1) is 0 Å². The average Bonchev–Trinajstić information content (AvgIpc) is 3.04. The van der Waals surface area contributed by atoms with E-state index in [1.807, 2.05) is 26.0 Å². The molecule has 0 saturated carbocycles. The number of rotatable bonds is 2. The van der Waals surface area contributed by atoms with Crippen molar-refractivity contribution in [2.24, 2.45) is 0 Å². The topological polar surface area (TPSA) is 33.5 Å². The highest BCUT2D eigenvalue weighted by Crippen LogP contribution is 2.26. The van der Waals surface area contributed by atoms with Crippen LogP contribution in [0.3, 0.4) is 0 Å². The van der Waals surface area contributed by atoms with E-state index in [9.17, 15) is 4.79 Å². The van der Waals surface area contributed by atoms with E-state index >= 15 is 0 Å². The number of hydrogen-bond donors (Lipinski definition) is 0. The van der Waals surface area contributed by atoms with Gasteiger partial charge in [0.15, 0.2) is 0 Å². The monoisotopic (exact) mass is 291 g/mol. The van der Waals surface area contributed by atoms with Crippen LogP contribution in [0.25, 0.3) is 5.57 Å². The smallest absolute Gasteiger partial charge is 0.246 e. The van der Waals surface area contributed by atoms with E-state index in [0.29, 0.717) is 6.54 Å². The van der Waals surface area contributed by atoms with Crippen molar-refractivity contribution in [1.82, 2.24) is 4.90 Å². The molecule has 0 bridgehead atoms. The summed E-state index contributed by atoms with van der Waals surface area (Å²) in [6, 6.07) is 3.80. The molecular formula is C18H29NO2. The second kappa shape index (κ2) is 11.0. The largest absolute Gasteiger partial charge is 0.465 e. The van der Waals surface area contributed by atoms with Crippen LogP contribution in [-0.2, 0) is 4.79 Å².